The van der Waals surface area contributed by atoms with Crippen LogP contribution in [0.5, 0.6) is 11.5 Å². The maximum Gasteiger partial charge on any atom is 0.407 e. The normalized spacial score (nSPS) is 13.3. The summed E-state index contributed by atoms with van der Waals surface area (Å²) in [6, 6.07) is 7.49. The predicted molar refractivity (Wildman–Crippen MR) is 270 cm³/mol. The fourth-order valence-corrected chi connectivity index (χ4v) is 7.18. The molecule has 0 radical (unpaired) electrons. The molecule has 0 saturated carbocycles. The van der Waals surface area contributed by atoms with Gasteiger partial charge in [0.05, 0.1) is 6.42 Å². The lowest BCUT2D eigenvalue weighted by atomic mass is 9.95. The average Bonchev–Trinajstić information content (AvgIpc) is 3.21. The fourth-order valence-electron chi connectivity index (χ4n) is 7.18. The van der Waals surface area contributed by atoms with Crippen molar-refractivity contribution in [2.45, 2.75) is 192 Å². The number of amides is 1. The van der Waals surface area contributed by atoms with E-state index in [0.717, 1.165) is 88.2 Å². The first kappa shape index (κ1) is 55.2. The van der Waals surface area contributed by atoms with E-state index in [1.807, 2.05) is 31.2 Å². The third kappa shape index (κ3) is 23.1. The number of ether oxygens (including phenoxy) is 3. The van der Waals surface area contributed by atoms with E-state index < -0.39 is 17.7 Å². The van der Waals surface area contributed by atoms with Gasteiger partial charge in [-0.3, -0.25) is 9.59 Å². The van der Waals surface area contributed by atoms with Gasteiger partial charge in [0.1, 0.15) is 17.1 Å². The number of carbonyl (C=O) groups is 3. The minimum absolute atomic E-state index is 0.0384. The number of fused-ring (bicyclic) bond motifs is 1. The van der Waals surface area contributed by atoms with Crippen molar-refractivity contribution < 1.29 is 28.6 Å². The number of alkyl carbamates (subject to hydrolysis) is 1. The second kappa shape index (κ2) is 29.5. The first-order chi connectivity index (χ1) is 30.3. The zero-order chi connectivity index (χ0) is 47.7. The van der Waals surface area contributed by atoms with Gasteiger partial charge in [-0.15, -0.1) is 0 Å². The molecule has 0 aliphatic rings. The summed E-state index contributed by atoms with van der Waals surface area (Å²) in [4.78, 5) is 37.8. The van der Waals surface area contributed by atoms with Crippen LogP contribution < -0.4 is 14.8 Å². The minimum atomic E-state index is -0.641. The molecule has 0 fully saturated rings. The van der Waals surface area contributed by atoms with Crippen LogP contribution in [0, 0.1) is 6.92 Å². The zero-order valence-corrected chi connectivity index (χ0v) is 42.1. The second-order valence-corrected chi connectivity index (χ2v) is 18.8. The van der Waals surface area contributed by atoms with Crippen molar-refractivity contribution in [3.05, 3.63) is 117 Å². The molecule has 64 heavy (non-hydrogen) atoms. The Morgan fingerprint density at radius 2 is 0.938 bits per heavy atom. The number of carbonyl (C=O) groups excluding carboxylic acids is 3. The highest BCUT2D eigenvalue weighted by Gasteiger charge is 2.22. The molecule has 1 N–H and O–H groups in total. The number of benzene rings is 2. The second-order valence-electron chi connectivity index (χ2n) is 18.8. The number of hydrogen-bond acceptors (Lipinski definition) is 6. The first-order valence-corrected chi connectivity index (χ1v) is 23.8. The van der Waals surface area contributed by atoms with E-state index in [1.54, 1.807) is 27.7 Å². The van der Waals surface area contributed by atoms with Crippen molar-refractivity contribution >= 4 is 28.8 Å². The Labute approximate surface area is 388 Å². The highest BCUT2D eigenvalue weighted by molar-refractivity contribution is 5.98. The highest BCUT2D eigenvalue weighted by atomic mass is 16.6. The molecule has 2 aromatic carbocycles. The van der Waals surface area contributed by atoms with Crippen molar-refractivity contribution in [2.24, 2.45) is 0 Å². The number of hydrogen-bond donors (Lipinski definition) is 1. The van der Waals surface area contributed by atoms with Crippen LogP contribution in [0.3, 0.4) is 0 Å². The Balaban J connectivity index is 1.94. The van der Waals surface area contributed by atoms with E-state index in [2.05, 4.69) is 103 Å². The van der Waals surface area contributed by atoms with E-state index in [0.29, 0.717) is 28.7 Å². The van der Waals surface area contributed by atoms with E-state index >= 15 is 0 Å². The SMILES string of the molecule is CCC(=O)Oc1c(C/C=C(\C)CC/C=C(\C)CC/C=C(\C)CC/C=C(\C)CC/C=C(\C)CC/C=C(\C)CCC=C(C)C)c(C)c(OC(=O)CCNC(=O)OC(C)(C)C)c2ccccc12. The Hall–Kier alpha value is -4.91. The molecule has 0 aliphatic carbocycles. The maximum atomic E-state index is 13.1. The van der Waals surface area contributed by atoms with Gasteiger partial charge in [0.15, 0.2) is 0 Å². The van der Waals surface area contributed by atoms with Gasteiger partial charge in [-0.25, -0.2) is 4.79 Å². The third-order valence-electron chi connectivity index (χ3n) is 11.1. The standard InChI is InChI=1S/C57H83NO6/c1-14-52(59)62-55-49(48(10)54(50-35-15-16-36-51(50)55)63-53(60)39-40-58-56(61)64-57(11,12)13)38-37-47(9)34-22-33-46(8)32-21-31-45(7)30-20-29-44(6)28-19-27-43(5)26-18-25-42(4)24-17-23-41(2)3/h15-16,23,25,27,29,31,33,35-37H,14,17-22,24,26,28,30,32,34,38-40H2,1-13H3,(H,58,61)/b42-25+,43-27+,44-29+,45-31+,46-33+,47-37+. The lowest BCUT2D eigenvalue weighted by Gasteiger charge is -2.20. The zero-order valence-electron chi connectivity index (χ0n) is 42.1. The molecule has 2 aromatic rings. The smallest absolute Gasteiger partial charge is 0.407 e. The average molecular weight is 878 g/mol. The summed E-state index contributed by atoms with van der Waals surface area (Å²) in [5, 5.41) is 3.99. The molecule has 0 saturated heterocycles. The molecule has 1 amide bonds. The molecule has 0 bridgehead atoms. The van der Waals surface area contributed by atoms with Crippen molar-refractivity contribution in [1.29, 1.82) is 0 Å². The number of esters is 2. The van der Waals surface area contributed by atoms with Crippen LogP contribution in [0.25, 0.3) is 10.8 Å². The topological polar surface area (TPSA) is 90.9 Å². The molecule has 352 valence electrons. The van der Waals surface area contributed by atoms with Crippen LogP contribution in [0.4, 0.5) is 4.79 Å². The summed E-state index contributed by atoms with van der Waals surface area (Å²) in [7, 11) is 0. The van der Waals surface area contributed by atoms with Crippen molar-refractivity contribution in [1.82, 2.24) is 5.32 Å². The fraction of sp³-hybridized carbons (Fsp3) is 0.526. The van der Waals surface area contributed by atoms with E-state index in [1.165, 1.54) is 39.0 Å². The van der Waals surface area contributed by atoms with Crippen molar-refractivity contribution in [2.75, 3.05) is 6.54 Å². The largest absolute Gasteiger partial charge is 0.444 e. The predicted octanol–water partition coefficient (Wildman–Crippen LogP) is 16.2. The summed E-state index contributed by atoms with van der Waals surface area (Å²) in [5.41, 5.74) is 10.9. The molecule has 0 spiro atoms. The lowest BCUT2D eigenvalue weighted by Crippen LogP contribution is -2.34. The van der Waals surface area contributed by atoms with Gasteiger partial charge in [0.25, 0.3) is 0 Å². The molecule has 7 heteroatoms. The summed E-state index contributed by atoms with van der Waals surface area (Å²) in [6.07, 6.45) is 29.6. The van der Waals surface area contributed by atoms with Crippen molar-refractivity contribution in [3.8, 4) is 11.5 Å². The van der Waals surface area contributed by atoms with Gasteiger partial charge in [0.2, 0.25) is 0 Å². The van der Waals surface area contributed by atoms with Crippen LogP contribution in [-0.2, 0) is 20.7 Å². The molecule has 7 nitrogen and oxygen atoms in total. The van der Waals surface area contributed by atoms with Crippen LogP contribution in [0.2, 0.25) is 0 Å². The van der Waals surface area contributed by atoms with Crippen molar-refractivity contribution in [3.63, 3.8) is 0 Å². The summed E-state index contributed by atoms with van der Waals surface area (Å²) < 4.78 is 17.2. The van der Waals surface area contributed by atoms with Gasteiger partial charge in [-0.1, -0.05) is 113 Å². The van der Waals surface area contributed by atoms with Gasteiger partial charge in [0, 0.05) is 29.3 Å². The molecule has 2 rings (SSSR count). The van der Waals surface area contributed by atoms with Gasteiger partial charge >= 0.3 is 18.0 Å². The first-order valence-electron chi connectivity index (χ1n) is 23.8. The third-order valence-corrected chi connectivity index (χ3v) is 11.1. The quantitative estimate of drug-likeness (QED) is 0.0575. The summed E-state index contributed by atoms with van der Waals surface area (Å²) in [6.45, 7) is 26.8. The Morgan fingerprint density at radius 1 is 0.547 bits per heavy atom. The van der Waals surface area contributed by atoms with Gasteiger partial charge < -0.3 is 19.5 Å². The molecule has 0 unspecified atom stereocenters. The monoisotopic (exact) mass is 878 g/mol. The minimum Gasteiger partial charge on any atom is -0.444 e. The molecule has 0 heterocycles. The molecular weight excluding hydrogens is 795 g/mol. The molecular formula is C57H83NO6. The highest BCUT2D eigenvalue weighted by Crippen LogP contribution is 2.41. The van der Waals surface area contributed by atoms with E-state index in [4.69, 9.17) is 14.2 Å². The van der Waals surface area contributed by atoms with Gasteiger partial charge in [-0.05, 0) is 172 Å². The Kier molecular flexibility index (Phi) is 25.5. The Morgan fingerprint density at radius 3 is 1.34 bits per heavy atom. The van der Waals surface area contributed by atoms with Gasteiger partial charge in [-0.2, -0.15) is 0 Å². The van der Waals surface area contributed by atoms with Crippen LogP contribution in [-0.4, -0.2) is 30.2 Å². The number of nitrogens with one attached hydrogen (secondary N) is 1. The van der Waals surface area contributed by atoms with E-state index in [9.17, 15) is 14.4 Å². The lowest BCUT2D eigenvalue weighted by molar-refractivity contribution is -0.135. The molecule has 0 aromatic heterocycles. The number of allylic oxidation sites excluding steroid dienone is 14. The summed E-state index contributed by atoms with van der Waals surface area (Å²) in [5.74, 6) is 0.0996. The molecule has 0 aliphatic heterocycles. The molecule has 0 atom stereocenters. The Bertz CT molecular complexity index is 2060. The van der Waals surface area contributed by atoms with Crippen LogP contribution >= 0.6 is 0 Å². The maximum absolute atomic E-state index is 13.1. The van der Waals surface area contributed by atoms with Crippen LogP contribution in [0.1, 0.15) is 184 Å². The number of rotatable bonds is 26. The van der Waals surface area contributed by atoms with E-state index in [-0.39, 0.29) is 25.4 Å². The van der Waals surface area contributed by atoms with Crippen LogP contribution in [0.15, 0.2) is 106 Å². The summed E-state index contributed by atoms with van der Waals surface area (Å²) >= 11 is 0.